The maximum atomic E-state index is 14.5. The van der Waals surface area contributed by atoms with Gasteiger partial charge in [0.2, 0.25) is 5.95 Å². The molecule has 0 saturated heterocycles. The zero-order valence-corrected chi connectivity index (χ0v) is 21.1. The Bertz CT molecular complexity index is 1510. The van der Waals surface area contributed by atoms with Crippen LogP contribution >= 0.6 is 11.6 Å². The Morgan fingerprint density at radius 2 is 1.97 bits per heavy atom. The molecular weight excluding hydrogens is 523 g/mol. The summed E-state index contributed by atoms with van der Waals surface area (Å²) in [6, 6.07) is 3.97. The molecule has 0 amide bonds. The van der Waals surface area contributed by atoms with Gasteiger partial charge in [-0.1, -0.05) is 23.7 Å². The molecule has 3 aromatic rings. The van der Waals surface area contributed by atoms with Crippen molar-refractivity contribution in [2.24, 2.45) is 0 Å². The maximum absolute atomic E-state index is 14.5. The Morgan fingerprint density at radius 3 is 2.65 bits per heavy atom. The summed E-state index contributed by atoms with van der Waals surface area (Å²) in [4.78, 5) is 30.5. The number of aryl methyl sites for hydroxylation is 1. The van der Waals surface area contributed by atoms with Crippen LogP contribution in [0.5, 0.6) is 0 Å². The lowest BCUT2D eigenvalue weighted by Crippen LogP contribution is -2.31. The number of anilines is 3. The Balaban J connectivity index is 1.47. The summed E-state index contributed by atoms with van der Waals surface area (Å²) in [6.45, 7) is 1.02. The highest BCUT2D eigenvalue weighted by Crippen LogP contribution is 2.34. The van der Waals surface area contributed by atoms with E-state index >= 15 is 0 Å². The van der Waals surface area contributed by atoms with Gasteiger partial charge in [-0.2, -0.15) is 4.98 Å². The summed E-state index contributed by atoms with van der Waals surface area (Å²) in [7, 11) is -3.64. The predicted octanol–water partition coefficient (Wildman–Crippen LogP) is 3.44. The quantitative estimate of drug-likeness (QED) is 0.474. The molecule has 0 radical (unpaired) electrons. The van der Waals surface area contributed by atoms with Gasteiger partial charge in [0.15, 0.2) is 21.5 Å². The molecule has 0 aliphatic carbocycles. The third-order valence-electron chi connectivity index (χ3n) is 6.12. The molecule has 0 unspecified atom stereocenters. The summed E-state index contributed by atoms with van der Waals surface area (Å²) >= 11 is 5.88. The van der Waals surface area contributed by atoms with Crippen molar-refractivity contribution in [3.05, 3.63) is 64.6 Å². The first-order valence-corrected chi connectivity index (χ1v) is 13.6. The number of fused-ring (bicyclic) bond motifs is 1. The molecule has 0 bridgehead atoms. The van der Waals surface area contributed by atoms with Crippen LogP contribution in [0.1, 0.15) is 29.9 Å². The van der Waals surface area contributed by atoms with E-state index in [0.29, 0.717) is 54.8 Å². The van der Waals surface area contributed by atoms with E-state index in [1.807, 2.05) is 11.0 Å². The number of carboxylic acids is 1. The average molecular weight is 545 g/mol. The van der Waals surface area contributed by atoms with Gasteiger partial charge in [0.05, 0.1) is 22.9 Å². The lowest BCUT2D eigenvalue weighted by atomic mass is 10.1. The van der Waals surface area contributed by atoms with E-state index in [1.165, 1.54) is 12.1 Å². The van der Waals surface area contributed by atoms with Gasteiger partial charge < -0.3 is 15.3 Å². The second-order valence-electron chi connectivity index (χ2n) is 8.72. The molecule has 2 aliphatic rings. The SMILES string of the molecule is O=C(O)Cc1ccc(Nc2nc(N3CC=C(c4ncc(Cl)cn4)CC3)nc3c2S(=O)(=O)CCC3)cc1F. The van der Waals surface area contributed by atoms with E-state index in [9.17, 15) is 17.6 Å². The largest absolute Gasteiger partial charge is 0.481 e. The molecule has 0 atom stereocenters. The van der Waals surface area contributed by atoms with Crippen LogP contribution in [0.3, 0.4) is 0 Å². The fraction of sp³-hybridized carbons (Fsp3) is 0.292. The number of sulfone groups is 1. The molecule has 37 heavy (non-hydrogen) atoms. The first kappa shape index (κ1) is 25.0. The molecule has 10 nitrogen and oxygen atoms in total. The highest BCUT2D eigenvalue weighted by atomic mass is 35.5. The lowest BCUT2D eigenvalue weighted by Gasteiger charge is -2.28. The number of benzene rings is 1. The molecule has 2 aliphatic heterocycles. The predicted molar refractivity (Wildman–Crippen MR) is 135 cm³/mol. The minimum atomic E-state index is -3.64. The number of carbonyl (C=O) groups is 1. The van der Waals surface area contributed by atoms with Gasteiger partial charge in [-0.15, -0.1) is 0 Å². The fourth-order valence-electron chi connectivity index (χ4n) is 4.34. The molecule has 1 aromatic carbocycles. The molecule has 0 spiro atoms. The maximum Gasteiger partial charge on any atom is 0.307 e. The Labute approximate surface area is 217 Å². The average Bonchev–Trinajstić information content (AvgIpc) is 2.85. The Hall–Kier alpha value is -3.64. The van der Waals surface area contributed by atoms with E-state index < -0.39 is 28.0 Å². The topological polar surface area (TPSA) is 138 Å². The van der Waals surface area contributed by atoms with Gasteiger partial charge in [-0.05, 0) is 42.5 Å². The number of aliphatic carboxylic acids is 1. The van der Waals surface area contributed by atoms with Gasteiger partial charge in [0.1, 0.15) is 10.7 Å². The smallest absolute Gasteiger partial charge is 0.307 e. The van der Waals surface area contributed by atoms with Crippen molar-refractivity contribution in [2.45, 2.75) is 30.6 Å². The highest BCUT2D eigenvalue weighted by molar-refractivity contribution is 7.91. The van der Waals surface area contributed by atoms with Crippen LogP contribution in [-0.2, 0) is 27.5 Å². The van der Waals surface area contributed by atoms with Crippen LogP contribution in [0, 0.1) is 5.82 Å². The number of hydrogen-bond acceptors (Lipinski definition) is 9. The van der Waals surface area contributed by atoms with Gasteiger partial charge in [-0.3, -0.25) is 4.79 Å². The number of carboxylic acid groups (broad SMARTS) is 1. The Morgan fingerprint density at radius 1 is 1.19 bits per heavy atom. The zero-order valence-electron chi connectivity index (χ0n) is 19.5. The van der Waals surface area contributed by atoms with Crippen molar-refractivity contribution in [2.75, 3.05) is 29.1 Å². The monoisotopic (exact) mass is 544 g/mol. The molecule has 192 valence electrons. The third kappa shape index (κ3) is 5.39. The summed E-state index contributed by atoms with van der Waals surface area (Å²) in [5.74, 6) is -0.870. The van der Waals surface area contributed by atoms with Crippen LogP contribution < -0.4 is 10.2 Å². The van der Waals surface area contributed by atoms with Gasteiger partial charge >= 0.3 is 5.97 Å². The van der Waals surface area contributed by atoms with Gasteiger partial charge in [0.25, 0.3) is 0 Å². The van der Waals surface area contributed by atoms with Crippen molar-refractivity contribution in [3.63, 3.8) is 0 Å². The number of halogens is 2. The summed E-state index contributed by atoms with van der Waals surface area (Å²) in [5, 5.41) is 12.3. The normalized spacial score (nSPS) is 16.6. The van der Waals surface area contributed by atoms with E-state index in [2.05, 4.69) is 25.3 Å². The number of hydrogen-bond donors (Lipinski definition) is 2. The highest BCUT2D eigenvalue weighted by Gasteiger charge is 2.31. The number of nitrogens with one attached hydrogen (secondary N) is 1. The van der Waals surface area contributed by atoms with Crippen LogP contribution in [0.2, 0.25) is 5.02 Å². The van der Waals surface area contributed by atoms with Crippen molar-refractivity contribution >= 4 is 50.4 Å². The van der Waals surface area contributed by atoms with Crippen molar-refractivity contribution in [1.82, 2.24) is 19.9 Å². The van der Waals surface area contributed by atoms with Gasteiger partial charge in [-0.25, -0.2) is 27.8 Å². The van der Waals surface area contributed by atoms with Crippen LogP contribution in [0.4, 0.5) is 21.8 Å². The van der Waals surface area contributed by atoms with Crippen LogP contribution in [0.15, 0.2) is 41.6 Å². The number of nitrogens with zero attached hydrogens (tertiary/aromatic N) is 5. The van der Waals surface area contributed by atoms with Gasteiger partial charge in [0, 0.05) is 31.2 Å². The fourth-order valence-corrected chi connectivity index (χ4v) is 6.06. The minimum Gasteiger partial charge on any atom is -0.481 e. The second kappa shape index (κ2) is 10.0. The molecule has 13 heteroatoms. The minimum absolute atomic E-state index is 0.0142. The van der Waals surface area contributed by atoms with Crippen LogP contribution in [0.25, 0.3) is 5.57 Å². The van der Waals surface area contributed by atoms with Crippen molar-refractivity contribution in [3.8, 4) is 0 Å². The summed E-state index contributed by atoms with van der Waals surface area (Å²) in [5.41, 5.74) is 1.65. The molecule has 0 fully saturated rings. The number of aromatic nitrogens is 4. The molecule has 2 aromatic heterocycles. The molecule has 2 N–H and O–H groups in total. The standard InChI is InChI=1S/C24H22ClFN6O4S/c25-16-12-27-22(28-13-16)14-5-7-32(8-6-14)24-30-19-2-1-9-37(35,36)21(19)23(31-24)29-17-4-3-15(10-20(33)34)18(26)11-17/h3-5,11-13H,1-2,6-10H2,(H,33,34)(H,29,30,31). The molecule has 0 saturated carbocycles. The summed E-state index contributed by atoms with van der Waals surface area (Å²) in [6.07, 6.45) is 6.13. The third-order valence-corrected chi connectivity index (χ3v) is 8.19. The van der Waals surface area contributed by atoms with E-state index in [4.69, 9.17) is 16.7 Å². The summed E-state index contributed by atoms with van der Waals surface area (Å²) < 4.78 is 40.4. The first-order valence-electron chi connectivity index (χ1n) is 11.5. The Kier molecular flexibility index (Phi) is 6.78. The van der Waals surface area contributed by atoms with E-state index in [0.717, 1.165) is 11.6 Å². The van der Waals surface area contributed by atoms with E-state index in [1.54, 1.807) is 12.4 Å². The van der Waals surface area contributed by atoms with E-state index in [-0.39, 0.29) is 27.7 Å². The van der Waals surface area contributed by atoms with Crippen molar-refractivity contribution in [1.29, 1.82) is 0 Å². The van der Waals surface area contributed by atoms with Crippen LogP contribution in [-0.4, -0.2) is 58.3 Å². The van der Waals surface area contributed by atoms with Crippen molar-refractivity contribution < 1.29 is 22.7 Å². The molecule has 4 heterocycles. The zero-order chi connectivity index (χ0) is 26.2. The number of rotatable bonds is 6. The first-order chi connectivity index (χ1) is 17.7. The lowest BCUT2D eigenvalue weighted by molar-refractivity contribution is -0.136. The second-order valence-corrected chi connectivity index (χ2v) is 11.2. The molecule has 5 rings (SSSR count). The molecular formula is C24H22ClFN6O4S.